The van der Waals surface area contributed by atoms with Crippen LogP contribution in [0.15, 0.2) is 30.3 Å². The van der Waals surface area contributed by atoms with Crippen LogP contribution in [0.3, 0.4) is 0 Å². The molecule has 1 unspecified atom stereocenters. The molecule has 0 aliphatic carbocycles. The number of rotatable bonds is 7. The van der Waals surface area contributed by atoms with E-state index in [1.165, 1.54) is 0 Å². The number of sulfonamides is 1. The summed E-state index contributed by atoms with van der Waals surface area (Å²) in [5.74, 6) is -0.539. The summed E-state index contributed by atoms with van der Waals surface area (Å²) >= 11 is 3.20. The summed E-state index contributed by atoms with van der Waals surface area (Å²) in [5.41, 5.74) is 0.753. The first-order valence-electron chi connectivity index (χ1n) is 5.91. The third-order valence-corrected chi connectivity index (χ3v) is 4.67. The first-order chi connectivity index (χ1) is 9.23. The normalized spacial score (nSPS) is 14.2. The highest BCUT2D eigenvalue weighted by molar-refractivity contribution is 9.09. The monoisotopic (exact) mass is 373 g/mol. The van der Waals surface area contributed by atoms with E-state index < -0.39 is 40.8 Å². The van der Waals surface area contributed by atoms with Gasteiger partial charge in [-0.25, -0.2) is 13.1 Å². The van der Waals surface area contributed by atoms with Gasteiger partial charge >= 0.3 is 6.18 Å². The van der Waals surface area contributed by atoms with Crippen LogP contribution >= 0.6 is 15.9 Å². The Morgan fingerprint density at radius 1 is 1.20 bits per heavy atom. The SMILES string of the molecule is O=S(=O)(CCCC(F)(F)F)NC(CBr)c1ccccc1. The molecule has 0 fully saturated rings. The molecule has 1 aromatic carbocycles. The quantitative estimate of drug-likeness (QED) is 0.744. The van der Waals surface area contributed by atoms with Crippen LogP contribution in [0, 0.1) is 0 Å². The fraction of sp³-hybridized carbons (Fsp3) is 0.500. The third kappa shape index (κ3) is 6.71. The van der Waals surface area contributed by atoms with Gasteiger partial charge in [0.1, 0.15) is 0 Å². The van der Waals surface area contributed by atoms with Crippen molar-refractivity contribution in [3.05, 3.63) is 35.9 Å². The Labute approximate surface area is 124 Å². The zero-order valence-corrected chi connectivity index (χ0v) is 12.9. The maximum atomic E-state index is 12.0. The molecule has 0 aliphatic heterocycles. The van der Waals surface area contributed by atoms with Crippen molar-refractivity contribution < 1.29 is 21.6 Å². The molecule has 1 rings (SSSR count). The standard InChI is InChI=1S/C12H15BrF3NO2S/c13-9-11(10-5-2-1-3-6-10)17-20(18,19)8-4-7-12(14,15)16/h1-3,5-6,11,17H,4,7-9H2. The number of nitrogens with one attached hydrogen (secondary N) is 1. The Balaban J connectivity index is 2.60. The minimum absolute atomic E-state index is 0.343. The van der Waals surface area contributed by atoms with Crippen molar-refractivity contribution in [1.82, 2.24) is 4.72 Å². The fourth-order valence-electron chi connectivity index (χ4n) is 1.61. The predicted octanol–water partition coefficient (Wildman–Crippen LogP) is 3.38. The van der Waals surface area contributed by atoms with Gasteiger partial charge in [-0.05, 0) is 12.0 Å². The lowest BCUT2D eigenvalue weighted by Crippen LogP contribution is -2.32. The fourth-order valence-corrected chi connectivity index (χ4v) is 3.66. The molecule has 0 aliphatic rings. The molecule has 0 saturated heterocycles. The highest BCUT2D eigenvalue weighted by atomic mass is 79.9. The van der Waals surface area contributed by atoms with E-state index in [2.05, 4.69) is 20.7 Å². The number of halogens is 4. The summed E-state index contributed by atoms with van der Waals surface area (Å²) in [6.07, 6.45) is -5.87. The van der Waals surface area contributed by atoms with Gasteiger partial charge in [0.2, 0.25) is 10.0 Å². The van der Waals surface area contributed by atoms with Crippen LogP contribution in [-0.2, 0) is 10.0 Å². The molecule has 3 nitrogen and oxygen atoms in total. The first kappa shape index (κ1) is 17.5. The molecule has 0 radical (unpaired) electrons. The van der Waals surface area contributed by atoms with E-state index in [9.17, 15) is 21.6 Å². The Kier molecular flexibility index (Phi) is 6.47. The largest absolute Gasteiger partial charge is 0.389 e. The van der Waals surface area contributed by atoms with Crippen molar-refractivity contribution in [3.8, 4) is 0 Å². The second-order valence-electron chi connectivity index (χ2n) is 4.27. The summed E-state index contributed by atoms with van der Waals surface area (Å²) in [6, 6.07) is 8.35. The van der Waals surface area contributed by atoms with Gasteiger partial charge in [0, 0.05) is 11.8 Å². The molecule has 0 bridgehead atoms. The lowest BCUT2D eigenvalue weighted by molar-refractivity contribution is -0.134. The highest BCUT2D eigenvalue weighted by Gasteiger charge is 2.28. The average Bonchev–Trinajstić information content (AvgIpc) is 2.35. The maximum absolute atomic E-state index is 12.0. The number of hydrogen-bond donors (Lipinski definition) is 1. The molecule has 1 N–H and O–H groups in total. The smallest absolute Gasteiger partial charge is 0.212 e. The second-order valence-corrected chi connectivity index (χ2v) is 6.79. The molecule has 20 heavy (non-hydrogen) atoms. The summed E-state index contributed by atoms with van der Waals surface area (Å²) in [4.78, 5) is 0. The molecule has 0 heterocycles. The number of benzene rings is 1. The Morgan fingerprint density at radius 2 is 1.80 bits per heavy atom. The number of alkyl halides is 4. The van der Waals surface area contributed by atoms with E-state index >= 15 is 0 Å². The van der Waals surface area contributed by atoms with Crippen LogP contribution in [0.5, 0.6) is 0 Å². The topological polar surface area (TPSA) is 46.2 Å². The molecular weight excluding hydrogens is 359 g/mol. The maximum Gasteiger partial charge on any atom is 0.389 e. The van der Waals surface area contributed by atoms with Crippen LogP contribution in [0.2, 0.25) is 0 Å². The van der Waals surface area contributed by atoms with Crippen LogP contribution in [0.25, 0.3) is 0 Å². The molecule has 0 saturated carbocycles. The van der Waals surface area contributed by atoms with E-state index in [1.54, 1.807) is 30.3 Å². The molecule has 1 atom stereocenters. The van der Waals surface area contributed by atoms with Crippen molar-refractivity contribution in [1.29, 1.82) is 0 Å². The Bertz CT molecular complexity index is 505. The van der Waals surface area contributed by atoms with Crippen molar-refractivity contribution in [2.75, 3.05) is 11.1 Å². The van der Waals surface area contributed by atoms with Gasteiger partial charge in [0.15, 0.2) is 0 Å². The van der Waals surface area contributed by atoms with Gasteiger partial charge in [-0.2, -0.15) is 13.2 Å². The summed E-state index contributed by atoms with van der Waals surface area (Å²) < 4.78 is 61.9. The average molecular weight is 374 g/mol. The minimum Gasteiger partial charge on any atom is -0.212 e. The molecule has 8 heteroatoms. The third-order valence-electron chi connectivity index (χ3n) is 2.55. The summed E-state index contributed by atoms with van der Waals surface area (Å²) in [6.45, 7) is 0. The molecule has 0 spiro atoms. The zero-order chi connectivity index (χ0) is 15.2. The van der Waals surface area contributed by atoms with E-state index in [-0.39, 0.29) is 0 Å². The molecule has 114 valence electrons. The van der Waals surface area contributed by atoms with Gasteiger partial charge < -0.3 is 0 Å². The van der Waals surface area contributed by atoms with Gasteiger partial charge in [-0.15, -0.1) is 0 Å². The van der Waals surface area contributed by atoms with E-state index in [4.69, 9.17) is 0 Å². The van der Waals surface area contributed by atoms with Crippen LogP contribution in [0.1, 0.15) is 24.4 Å². The van der Waals surface area contributed by atoms with Gasteiger partial charge in [-0.1, -0.05) is 46.3 Å². The molecule has 0 aromatic heterocycles. The molecule has 1 aromatic rings. The van der Waals surface area contributed by atoms with E-state index in [0.717, 1.165) is 5.56 Å². The molecule has 0 amide bonds. The lowest BCUT2D eigenvalue weighted by atomic mass is 10.1. The minimum atomic E-state index is -4.33. The van der Waals surface area contributed by atoms with Crippen LogP contribution < -0.4 is 4.72 Å². The van der Waals surface area contributed by atoms with Gasteiger partial charge in [0.05, 0.1) is 11.8 Å². The lowest BCUT2D eigenvalue weighted by Gasteiger charge is -2.17. The molecular formula is C12H15BrF3NO2S. The Hall–Kier alpha value is -0.600. The second kappa shape index (κ2) is 7.42. The summed E-state index contributed by atoms with van der Waals surface area (Å²) in [5, 5.41) is 0.343. The van der Waals surface area contributed by atoms with E-state index in [0.29, 0.717) is 5.33 Å². The van der Waals surface area contributed by atoms with E-state index in [1.807, 2.05) is 0 Å². The first-order valence-corrected chi connectivity index (χ1v) is 8.68. The van der Waals surface area contributed by atoms with Crippen molar-refractivity contribution in [2.45, 2.75) is 25.1 Å². The van der Waals surface area contributed by atoms with Gasteiger partial charge in [0.25, 0.3) is 0 Å². The van der Waals surface area contributed by atoms with Crippen LogP contribution in [0.4, 0.5) is 13.2 Å². The zero-order valence-electron chi connectivity index (χ0n) is 10.5. The highest BCUT2D eigenvalue weighted by Crippen LogP contribution is 2.22. The van der Waals surface area contributed by atoms with Crippen molar-refractivity contribution >= 4 is 26.0 Å². The predicted molar refractivity (Wildman–Crippen MR) is 75.2 cm³/mol. The summed E-state index contributed by atoms with van der Waals surface area (Å²) in [7, 11) is -3.74. The van der Waals surface area contributed by atoms with Crippen molar-refractivity contribution in [3.63, 3.8) is 0 Å². The number of hydrogen-bond acceptors (Lipinski definition) is 2. The van der Waals surface area contributed by atoms with Crippen LogP contribution in [-0.4, -0.2) is 25.7 Å². The van der Waals surface area contributed by atoms with Gasteiger partial charge in [-0.3, -0.25) is 0 Å². The Morgan fingerprint density at radius 3 is 2.30 bits per heavy atom. The van der Waals surface area contributed by atoms with Crippen molar-refractivity contribution in [2.24, 2.45) is 0 Å².